The van der Waals surface area contributed by atoms with E-state index in [0.29, 0.717) is 28.7 Å². The lowest BCUT2D eigenvalue weighted by atomic mass is 10.0. The number of nitrogens with one attached hydrogen (secondary N) is 1. The number of carbonyl (C=O) groups excluding carboxylic acids is 1. The molecule has 7 heteroatoms. The van der Waals surface area contributed by atoms with Crippen molar-refractivity contribution in [2.24, 2.45) is 5.16 Å². The van der Waals surface area contributed by atoms with Crippen molar-refractivity contribution in [1.29, 1.82) is 0 Å². The van der Waals surface area contributed by atoms with E-state index < -0.39 is 0 Å². The summed E-state index contributed by atoms with van der Waals surface area (Å²) >= 11 is 1.33. The Balaban J connectivity index is 1.40. The molecule has 0 fully saturated rings. The first kappa shape index (κ1) is 14.6. The van der Waals surface area contributed by atoms with Crippen molar-refractivity contribution >= 4 is 28.1 Å². The molecular formula is C17H13N3O3S. The van der Waals surface area contributed by atoms with Crippen molar-refractivity contribution in [3.63, 3.8) is 0 Å². The van der Waals surface area contributed by atoms with Gasteiger partial charge < -0.3 is 9.25 Å². The number of anilines is 1. The van der Waals surface area contributed by atoms with Gasteiger partial charge in [0.1, 0.15) is 11.4 Å². The number of hydrogen-bond acceptors (Lipinski definition) is 6. The van der Waals surface area contributed by atoms with E-state index in [1.165, 1.54) is 11.3 Å². The van der Waals surface area contributed by atoms with Gasteiger partial charge in [0.05, 0.1) is 6.26 Å². The van der Waals surface area contributed by atoms with Gasteiger partial charge in [-0.1, -0.05) is 35.5 Å². The van der Waals surface area contributed by atoms with Gasteiger partial charge in [-0.15, -0.1) is 11.3 Å². The molecule has 3 heterocycles. The summed E-state index contributed by atoms with van der Waals surface area (Å²) in [5.74, 6) is 0.367. The van der Waals surface area contributed by atoms with Crippen LogP contribution in [0.2, 0.25) is 0 Å². The van der Waals surface area contributed by atoms with Crippen molar-refractivity contribution in [3.05, 3.63) is 59.7 Å². The van der Waals surface area contributed by atoms with Gasteiger partial charge in [-0.05, 0) is 17.7 Å². The molecule has 0 saturated carbocycles. The highest BCUT2D eigenvalue weighted by molar-refractivity contribution is 7.14. The van der Waals surface area contributed by atoms with Gasteiger partial charge in [-0.2, -0.15) is 0 Å². The third kappa shape index (κ3) is 2.93. The summed E-state index contributed by atoms with van der Waals surface area (Å²) in [7, 11) is 0. The summed E-state index contributed by atoms with van der Waals surface area (Å²) in [6, 6.07) is 13.3. The quantitative estimate of drug-likeness (QED) is 0.783. The zero-order chi connectivity index (χ0) is 16.4. The van der Waals surface area contributed by atoms with Gasteiger partial charge in [0, 0.05) is 11.8 Å². The Kier molecular flexibility index (Phi) is 3.84. The first-order valence-corrected chi connectivity index (χ1v) is 8.26. The van der Waals surface area contributed by atoms with E-state index >= 15 is 0 Å². The van der Waals surface area contributed by atoms with Gasteiger partial charge in [0.15, 0.2) is 17.0 Å². The monoisotopic (exact) mass is 339 g/mol. The third-order valence-electron chi connectivity index (χ3n) is 3.60. The number of amides is 1. The molecule has 0 spiro atoms. The van der Waals surface area contributed by atoms with Crippen molar-refractivity contribution in [1.82, 2.24) is 4.98 Å². The lowest BCUT2D eigenvalue weighted by Gasteiger charge is -2.07. The van der Waals surface area contributed by atoms with Gasteiger partial charge in [0.25, 0.3) is 5.91 Å². The Morgan fingerprint density at radius 3 is 2.88 bits per heavy atom. The second-order valence-electron chi connectivity index (χ2n) is 5.22. The van der Waals surface area contributed by atoms with Gasteiger partial charge in [-0.3, -0.25) is 10.1 Å². The number of aromatic nitrogens is 1. The van der Waals surface area contributed by atoms with Crippen molar-refractivity contribution < 1.29 is 14.0 Å². The van der Waals surface area contributed by atoms with E-state index in [2.05, 4.69) is 15.5 Å². The highest BCUT2D eigenvalue weighted by atomic mass is 32.1. The summed E-state index contributed by atoms with van der Waals surface area (Å²) in [6.45, 7) is 0. The summed E-state index contributed by atoms with van der Waals surface area (Å²) in [6.07, 6.45) is 1.80. The molecule has 24 heavy (non-hydrogen) atoms. The summed E-state index contributed by atoms with van der Waals surface area (Å²) in [5.41, 5.74) is 2.05. The van der Waals surface area contributed by atoms with E-state index in [-0.39, 0.29) is 12.0 Å². The van der Waals surface area contributed by atoms with Crippen LogP contribution in [0.4, 0.5) is 5.13 Å². The van der Waals surface area contributed by atoms with Gasteiger partial charge in [0.2, 0.25) is 0 Å². The molecule has 0 radical (unpaired) electrons. The maximum Gasteiger partial charge on any atom is 0.275 e. The van der Waals surface area contributed by atoms with Crippen molar-refractivity contribution in [2.75, 3.05) is 5.32 Å². The number of oxime groups is 1. The summed E-state index contributed by atoms with van der Waals surface area (Å²) < 4.78 is 5.29. The Labute approximate surface area is 141 Å². The largest absolute Gasteiger partial charge is 0.463 e. The first-order valence-electron chi connectivity index (χ1n) is 7.38. The standard InChI is InChI=1S/C17H13N3O3S/c21-16(12-9-15(23-20-12)11-5-2-1-3-6-11)19-17-18-13(10-24-17)14-7-4-8-22-14/h1-8,10,15H,9H2,(H,18,19,21). The Bertz CT molecular complexity index is 872. The number of hydrogen-bond donors (Lipinski definition) is 1. The smallest absolute Gasteiger partial charge is 0.275 e. The second-order valence-corrected chi connectivity index (χ2v) is 6.07. The zero-order valence-electron chi connectivity index (χ0n) is 12.5. The Morgan fingerprint density at radius 2 is 2.08 bits per heavy atom. The van der Waals surface area contributed by atoms with E-state index in [0.717, 1.165) is 5.56 Å². The maximum absolute atomic E-state index is 12.3. The second kappa shape index (κ2) is 6.29. The third-order valence-corrected chi connectivity index (χ3v) is 4.36. The molecule has 0 aliphatic carbocycles. The first-order chi connectivity index (χ1) is 11.8. The molecule has 4 rings (SSSR count). The minimum Gasteiger partial charge on any atom is -0.463 e. The summed E-state index contributed by atoms with van der Waals surface area (Å²) in [4.78, 5) is 22.0. The van der Waals surface area contributed by atoms with Crippen LogP contribution in [0.3, 0.4) is 0 Å². The van der Waals surface area contributed by atoms with Crippen LogP contribution < -0.4 is 5.32 Å². The fraction of sp³-hybridized carbons (Fsp3) is 0.118. The SMILES string of the molecule is O=C(Nc1nc(-c2ccco2)cs1)C1=NOC(c2ccccc2)C1. The lowest BCUT2D eigenvalue weighted by molar-refractivity contribution is -0.110. The number of benzene rings is 1. The highest BCUT2D eigenvalue weighted by Crippen LogP contribution is 2.28. The molecule has 3 aromatic rings. The van der Waals surface area contributed by atoms with Crippen LogP contribution in [-0.2, 0) is 9.63 Å². The van der Waals surface area contributed by atoms with E-state index in [9.17, 15) is 4.79 Å². The lowest BCUT2D eigenvalue weighted by Crippen LogP contribution is -2.21. The van der Waals surface area contributed by atoms with Crippen LogP contribution in [0, 0.1) is 0 Å². The van der Waals surface area contributed by atoms with E-state index in [1.807, 2.05) is 41.8 Å². The van der Waals surface area contributed by atoms with Crippen LogP contribution in [0.25, 0.3) is 11.5 Å². The van der Waals surface area contributed by atoms with Crippen molar-refractivity contribution in [2.45, 2.75) is 12.5 Å². The molecule has 120 valence electrons. The minimum absolute atomic E-state index is 0.220. The normalized spacial score (nSPS) is 16.5. The average Bonchev–Trinajstić information content (AvgIpc) is 3.36. The van der Waals surface area contributed by atoms with E-state index in [1.54, 1.807) is 12.3 Å². The minimum atomic E-state index is -0.297. The molecule has 1 aliphatic heterocycles. The van der Waals surface area contributed by atoms with Crippen LogP contribution in [0.15, 0.2) is 63.7 Å². The number of nitrogens with zero attached hydrogens (tertiary/aromatic N) is 2. The fourth-order valence-corrected chi connectivity index (χ4v) is 3.09. The molecule has 1 N–H and O–H groups in total. The zero-order valence-corrected chi connectivity index (χ0v) is 13.3. The highest BCUT2D eigenvalue weighted by Gasteiger charge is 2.27. The number of thiazole rings is 1. The van der Waals surface area contributed by atoms with Crippen LogP contribution in [0.5, 0.6) is 0 Å². The fourth-order valence-electron chi connectivity index (χ4n) is 2.40. The predicted molar refractivity (Wildman–Crippen MR) is 90.8 cm³/mol. The van der Waals surface area contributed by atoms with Gasteiger partial charge >= 0.3 is 0 Å². The molecule has 2 aromatic heterocycles. The number of furan rings is 1. The molecule has 0 bridgehead atoms. The number of rotatable bonds is 4. The molecule has 1 atom stereocenters. The molecule has 6 nitrogen and oxygen atoms in total. The van der Waals surface area contributed by atoms with Crippen molar-refractivity contribution in [3.8, 4) is 11.5 Å². The van der Waals surface area contributed by atoms with Crippen LogP contribution >= 0.6 is 11.3 Å². The molecule has 1 amide bonds. The predicted octanol–water partition coefficient (Wildman–Crippen LogP) is 3.86. The maximum atomic E-state index is 12.3. The van der Waals surface area contributed by atoms with Crippen LogP contribution in [0.1, 0.15) is 18.1 Å². The topological polar surface area (TPSA) is 76.7 Å². The van der Waals surface area contributed by atoms with E-state index in [4.69, 9.17) is 9.25 Å². The Hall–Kier alpha value is -2.93. The van der Waals surface area contributed by atoms with Crippen LogP contribution in [-0.4, -0.2) is 16.6 Å². The molecule has 1 aromatic carbocycles. The van der Waals surface area contributed by atoms with Gasteiger partial charge in [-0.25, -0.2) is 4.98 Å². The molecule has 0 saturated heterocycles. The molecule has 1 unspecified atom stereocenters. The summed E-state index contributed by atoms with van der Waals surface area (Å²) in [5, 5.41) is 8.99. The number of carbonyl (C=O) groups is 1. The molecule has 1 aliphatic rings. The Morgan fingerprint density at radius 1 is 1.21 bits per heavy atom. The molecular weight excluding hydrogens is 326 g/mol. The average molecular weight is 339 g/mol.